The summed E-state index contributed by atoms with van der Waals surface area (Å²) in [4.78, 5) is 30.0. The first kappa shape index (κ1) is 37.9. The van der Waals surface area contributed by atoms with E-state index in [1.54, 1.807) is 0 Å². The summed E-state index contributed by atoms with van der Waals surface area (Å²) < 4.78 is 12.1. The molecule has 0 saturated heterocycles. The summed E-state index contributed by atoms with van der Waals surface area (Å²) in [5, 5.41) is 0. The highest BCUT2D eigenvalue weighted by atomic mass is 16.5. The molecule has 39 heavy (non-hydrogen) atoms. The van der Waals surface area contributed by atoms with Crippen LogP contribution < -0.4 is 0 Å². The topological polar surface area (TPSA) is 59.1 Å². The second-order valence-electron chi connectivity index (χ2n) is 11.8. The van der Waals surface area contributed by atoms with Crippen molar-refractivity contribution in [3.05, 3.63) is 0 Å². The third-order valence-electron chi connectivity index (χ3n) is 7.33. The number of esters is 2. The Labute approximate surface area is 242 Å². The monoisotopic (exact) mass is 555 g/mol. The molecule has 0 heterocycles. The molecule has 0 aliphatic carbocycles. The highest BCUT2D eigenvalue weighted by Gasteiger charge is 2.23. The third-order valence-corrected chi connectivity index (χ3v) is 7.33. The zero-order chi connectivity index (χ0) is 29.1. The molecule has 0 radical (unpaired) electrons. The molecule has 6 heteroatoms. The summed E-state index contributed by atoms with van der Waals surface area (Å²) in [6.07, 6.45) is 19.2. The van der Waals surface area contributed by atoms with E-state index in [1.807, 2.05) is 0 Å². The third kappa shape index (κ3) is 24.4. The number of hydrogen-bond acceptors (Lipinski definition) is 6. The lowest BCUT2D eigenvalue weighted by Gasteiger charge is -2.31. The first-order valence-electron chi connectivity index (χ1n) is 16.6. The summed E-state index contributed by atoms with van der Waals surface area (Å²) in [7, 11) is 4.20. The van der Waals surface area contributed by atoms with E-state index < -0.39 is 0 Å². The molecule has 0 N–H and O–H groups in total. The van der Waals surface area contributed by atoms with Gasteiger partial charge in [-0.15, -0.1) is 0 Å². The fourth-order valence-electron chi connectivity index (χ4n) is 4.92. The predicted molar refractivity (Wildman–Crippen MR) is 165 cm³/mol. The van der Waals surface area contributed by atoms with Crippen LogP contribution in [0.5, 0.6) is 0 Å². The van der Waals surface area contributed by atoms with Crippen molar-refractivity contribution >= 4 is 11.9 Å². The molecule has 0 spiro atoms. The second kappa shape index (κ2) is 27.1. The van der Waals surface area contributed by atoms with E-state index in [0.717, 1.165) is 83.7 Å². The van der Waals surface area contributed by atoms with Crippen LogP contribution in [0.15, 0.2) is 0 Å². The smallest absolute Gasteiger partial charge is 0.306 e. The summed E-state index contributed by atoms with van der Waals surface area (Å²) in [5.74, 6) is -0.115. The number of carbonyl (C=O) groups excluding carboxylic acids is 2. The number of rotatable bonds is 28. The van der Waals surface area contributed by atoms with Gasteiger partial charge in [0, 0.05) is 25.9 Å². The fourth-order valence-corrected chi connectivity index (χ4v) is 4.92. The Balaban J connectivity index is 5.19. The number of unbranched alkanes of at least 4 members (excludes halogenated alkanes) is 10. The van der Waals surface area contributed by atoms with Gasteiger partial charge in [0.1, 0.15) is 12.2 Å². The SMILES string of the molecule is CCCCCCCC(=O)OC(CCCC)CN(CCCN(C)C)CC(CCCC)OC(=O)CCCCCCC. The maximum atomic E-state index is 12.7. The molecule has 0 fully saturated rings. The Kier molecular flexibility index (Phi) is 26.3. The lowest BCUT2D eigenvalue weighted by Crippen LogP contribution is -2.42. The van der Waals surface area contributed by atoms with Gasteiger partial charge in [-0.25, -0.2) is 0 Å². The number of carbonyl (C=O) groups is 2. The lowest BCUT2D eigenvalue weighted by atomic mass is 10.1. The van der Waals surface area contributed by atoms with Gasteiger partial charge in [-0.1, -0.05) is 91.9 Å². The normalized spacial score (nSPS) is 13.1. The number of nitrogens with zero attached hydrogens (tertiary/aromatic N) is 2. The number of ether oxygens (including phenoxy) is 2. The molecule has 2 atom stereocenters. The fraction of sp³-hybridized carbons (Fsp3) is 0.939. The van der Waals surface area contributed by atoms with Crippen molar-refractivity contribution in [2.45, 2.75) is 162 Å². The number of hydrogen-bond donors (Lipinski definition) is 0. The van der Waals surface area contributed by atoms with Gasteiger partial charge in [-0.3, -0.25) is 14.5 Å². The summed E-state index contributed by atoms with van der Waals surface area (Å²) >= 11 is 0. The summed E-state index contributed by atoms with van der Waals surface area (Å²) in [6, 6.07) is 0. The Morgan fingerprint density at radius 2 is 0.949 bits per heavy atom. The zero-order valence-corrected chi connectivity index (χ0v) is 26.9. The van der Waals surface area contributed by atoms with Crippen LogP contribution in [0.4, 0.5) is 0 Å². The highest BCUT2D eigenvalue weighted by molar-refractivity contribution is 5.69. The van der Waals surface area contributed by atoms with Gasteiger partial charge >= 0.3 is 11.9 Å². The van der Waals surface area contributed by atoms with Crippen molar-refractivity contribution in [3.8, 4) is 0 Å². The maximum Gasteiger partial charge on any atom is 0.306 e. The minimum atomic E-state index is -0.103. The molecular formula is C33H66N2O4. The molecule has 0 amide bonds. The van der Waals surface area contributed by atoms with Crippen molar-refractivity contribution < 1.29 is 19.1 Å². The Morgan fingerprint density at radius 3 is 1.33 bits per heavy atom. The van der Waals surface area contributed by atoms with E-state index >= 15 is 0 Å². The highest BCUT2D eigenvalue weighted by Crippen LogP contribution is 2.15. The molecule has 0 bridgehead atoms. The Hall–Kier alpha value is -1.14. The van der Waals surface area contributed by atoms with E-state index in [4.69, 9.17) is 9.47 Å². The van der Waals surface area contributed by atoms with E-state index in [2.05, 4.69) is 51.6 Å². The van der Waals surface area contributed by atoms with Crippen LogP contribution in [-0.2, 0) is 19.1 Å². The molecule has 0 aliphatic rings. The van der Waals surface area contributed by atoms with Crippen LogP contribution in [0.1, 0.15) is 150 Å². The standard InChI is InChI=1S/C33H66N2O4/c1-7-11-15-17-19-24-32(36)38-30(22-13-9-3)28-35(27-21-26-34(5)6)29-31(23-14-10-4)39-33(37)25-20-18-16-12-8-2/h30-31H,7-29H2,1-6H3. The van der Waals surface area contributed by atoms with Crippen molar-refractivity contribution in [1.82, 2.24) is 9.80 Å². The average Bonchev–Trinajstić information content (AvgIpc) is 2.89. The van der Waals surface area contributed by atoms with Crippen molar-refractivity contribution in [3.63, 3.8) is 0 Å². The molecule has 6 nitrogen and oxygen atoms in total. The first-order valence-corrected chi connectivity index (χ1v) is 16.6. The van der Waals surface area contributed by atoms with Crippen LogP contribution in [0.3, 0.4) is 0 Å². The molecule has 0 rings (SSSR count). The van der Waals surface area contributed by atoms with Gasteiger partial charge in [-0.2, -0.15) is 0 Å². The summed E-state index contributed by atoms with van der Waals surface area (Å²) in [6.45, 7) is 12.1. The molecule has 0 aromatic heterocycles. The minimum Gasteiger partial charge on any atom is -0.461 e. The molecule has 0 aromatic rings. The van der Waals surface area contributed by atoms with Gasteiger partial charge < -0.3 is 14.4 Å². The minimum absolute atomic E-state index is 0.0575. The first-order chi connectivity index (χ1) is 18.9. The van der Waals surface area contributed by atoms with Gasteiger partial charge in [0.2, 0.25) is 0 Å². The van der Waals surface area contributed by atoms with E-state index in [0.29, 0.717) is 25.9 Å². The molecule has 0 aromatic carbocycles. The van der Waals surface area contributed by atoms with Gasteiger partial charge in [0.25, 0.3) is 0 Å². The predicted octanol–water partition coefficient (Wildman–Crippen LogP) is 8.17. The van der Waals surface area contributed by atoms with Crippen LogP contribution in [0.2, 0.25) is 0 Å². The van der Waals surface area contributed by atoms with Crippen LogP contribution >= 0.6 is 0 Å². The van der Waals surface area contributed by atoms with Crippen molar-refractivity contribution in [2.75, 3.05) is 40.3 Å². The van der Waals surface area contributed by atoms with E-state index in [-0.39, 0.29) is 24.1 Å². The Morgan fingerprint density at radius 1 is 0.538 bits per heavy atom. The average molecular weight is 555 g/mol. The second-order valence-corrected chi connectivity index (χ2v) is 11.8. The summed E-state index contributed by atoms with van der Waals surface area (Å²) in [5.41, 5.74) is 0. The van der Waals surface area contributed by atoms with Gasteiger partial charge in [0.05, 0.1) is 0 Å². The Bertz CT molecular complexity index is 528. The van der Waals surface area contributed by atoms with Crippen LogP contribution in [-0.4, -0.2) is 74.2 Å². The van der Waals surface area contributed by atoms with E-state index in [9.17, 15) is 9.59 Å². The lowest BCUT2D eigenvalue weighted by molar-refractivity contribution is -0.152. The van der Waals surface area contributed by atoms with Gasteiger partial charge in [0.15, 0.2) is 0 Å². The van der Waals surface area contributed by atoms with Crippen molar-refractivity contribution in [2.24, 2.45) is 0 Å². The quantitative estimate of drug-likeness (QED) is 0.0718. The molecule has 0 saturated carbocycles. The van der Waals surface area contributed by atoms with Crippen LogP contribution in [0.25, 0.3) is 0 Å². The van der Waals surface area contributed by atoms with E-state index in [1.165, 1.54) is 38.5 Å². The molecule has 2 unspecified atom stereocenters. The van der Waals surface area contributed by atoms with Crippen molar-refractivity contribution in [1.29, 1.82) is 0 Å². The largest absolute Gasteiger partial charge is 0.461 e. The molecule has 0 aliphatic heterocycles. The maximum absolute atomic E-state index is 12.7. The molecular weight excluding hydrogens is 488 g/mol. The zero-order valence-electron chi connectivity index (χ0n) is 26.9. The van der Waals surface area contributed by atoms with Crippen LogP contribution in [0, 0.1) is 0 Å². The molecule has 232 valence electrons. The van der Waals surface area contributed by atoms with Gasteiger partial charge in [-0.05, 0) is 72.1 Å².